The minimum atomic E-state index is -1.22. The molecule has 176 valence electrons. The molecule has 32 heavy (non-hydrogen) atoms. The number of hydrogen-bond donors (Lipinski definition) is 5. The van der Waals surface area contributed by atoms with E-state index in [0.717, 1.165) is 0 Å². The van der Waals surface area contributed by atoms with Gasteiger partial charge in [0.2, 0.25) is 17.7 Å². The van der Waals surface area contributed by atoms with Crippen molar-refractivity contribution in [3.8, 4) is 0 Å². The Balaban J connectivity index is 1.78. The Morgan fingerprint density at radius 2 is 1.88 bits per heavy atom. The van der Waals surface area contributed by atoms with Crippen molar-refractivity contribution < 1.29 is 29.4 Å². The monoisotopic (exact) mass is 450 g/mol. The molecule has 0 radical (unpaired) electrons. The molecule has 0 aliphatic carbocycles. The number of rotatable bonds is 8. The fraction of sp³-hybridized carbons (Fsp3) is 0.650. The second-order valence-electron chi connectivity index (χ2n) is 8.31. The zero-order valence-electron chi connectivity index (χ0n) is 17.9. The van der Waals surface area contributed by atoms with E-state index >= 15 is 0 Å². The van der Waals surface area contributed by atoms with Crippen molar-refractivity contribution in [2.24, 2.45) is 5.73 Å². The number of nitrogens with one attached hydrogen (secondary N) is 2. The molecular weight excluding hydrogens is 420 g/mol. The van der Waals surface area contributed by atoms with Crippen molar-refractivity contribution in [1.29, 1.82) is 0 Å². The molecule has 0 bridgehead atoms. The molecule has 2 saturated heterocycles. The Morgan fingerprint density at radius 3 is 2.47 bits per heavy atom. The number of nitrogens with two attached hydrogens (primary N) is 1. The molecule has 1 aromatic rings. The van der Waals surface area contributed by atoms with E-state index in [-0.39, 0.29) is 12.3 Å². The summed E-state index contributed by atoms with van der Waals surface area (Å²) in [6.07, 6.45) is 3.99. The Labute approximate surface area is 185 Å². The van der Waals surface area contributed by atoms with Crippen LogP contribution in [0, 0.1) is 0 Å². The zero-order chi connectivity index (χ0) is 23.4. The number of aromatic nitrogens is 2. The maximum absolute atomic E-state index is 13.4. The van der Waals surface area contributed by atoms with Crippen molar-refractivity contribution in [2.75, 3.05) is 13.1 Å². The lowest BCUT2D eigenvalue weighted by Crippen LogP contribution is -2.58. The van der Waals surface area contributed by atoms with Crippen LogP contribution in [0.15, 0.2) is 12.5 Å². The number of hydrogen-bond acceptors (Lipinski definition) is 7. The van der Waals surface area contributed by atoms with Crippen molar-refractivity contribution >= 4 is 23.7 Å². The minimum Gasteiger partial charge on any atom is -0.480 e. The average Bonchev–Trinajstić information content (AvgIpc) is 3.52. The Bertz CT molecular complexity index is 844. The van der Waals surface area contributed by atoms with Crippen LogP contribution in [0.3, 0.4) is 0 Å². The van der Waals surface area contributed by atoms with Gasteiger partial charge in [0, 0.05) is 25.7 Å². The van der Waals surface area contributed by atoms with Crippen LogP contribution in [-0.4, -0.2) is 97.0 Å². The number of amides is 3. The van der Waals surface area contributed by atoms with E-state index in [1.54, 1.807) is 6.20 Å². The number of H-pyrrole nitrogens is 1. The molecule has 6 N–H and O–H groups in total. The van der Waals surface area contributed by atoms with Crippen LogP contribution in [0.25, 0.3) is 0 Å². The maximum atomic E-state index is 13.4. The van der Waals surface area contributed by atoms with Crippen LogP contribution in [0.5, 0.6) is 0 Å². The summed E-state index contributed by atoms with van der Waals surface area (Å²) in [5, 5.41) is 21.6. The highest BCUT2D eigenvalue weighted by atomic mass is 16.4. The van der Waals surface area contributed by atoms with Crippen molar-refractivity contribution in [1.82, 2.24) is 25.1 Å². The van der Waals surface area contributed by atoms with E-state index in [1.807, 2.05) is 0 Å². The summed E-state index contributed by atoms with van der Waals surface area (Å²) < 4.78 is 0. The second-order valence-corrected chi connectivity index (χ2v) is 8.31. The van der Waals surface area contributed by atoms with Crippen LogP contribution in [0.1, 0.15) is 38.3 Å². The third-order valence-corrected chi connectivity index (χ3v) is 6.05. The molecular formula is C20H30N6O6. The normalized spacial score (nSPS) is 23.6. The molecule has 0 aromatic carbocycles. The lowest BCUT2D eigenvalue weighted by Gasteiger charge is -2.32. The lowest BCUT2D eigenvalue weighted by atomic mass is 10.1. The highest BCUT2D eigenvalue weighted by molar-refractivity contribution is 5.95. The van der Waals surface area contributed by atoms with Gasteiger partial charge in [-0.3, -0.25) is 14.4 Å². The topological polar surface area (TPSA) is 182 Å². The molecule has 3 rings (SSSR count). The zero-order valence-corrected chi connectivity index (χ0v) is 17.9. The van der Waals surface area contributed by atoms with Gasteiger partial charge in [-0.2, -0.15) is 0 Å². The molecule has 0 spiro atoms. The second kappa shape index (κ2) is 10.1. The standard InChI is InChI=1S/C20H30N6O6/c1-11(27)16(21)17(28)24-13(8-12-9-22-10-23-12)18(29)25-6-2-4-14(25)19(30)26-7-3-5-15(26)20(31)32/h9-11,13-16,27H,2-8,21H2,1H3,(H,22,23)(H,24,28)(H,31,32)/t11-,13+,14+,15+,16+/m1/s1. The van der Waals surface area contributed by atoms with Crippen LogP contribution in [0.2, 0.25) is 0 Å². The van der Waals surface area contributed by atoms with Gasteiger partial charge in [0.1, 0.15) is 24.2 Å². The van der Waals surface area contributed by atoms with Gasteiger partial charge in [-0.1, -0.05) is 0 Å². The lowest BCUT2D eigenvalue weighted by molar-refractivity contribution is -0.152. The first-order chi connectivity index (χ1) is 15.2. The van der Waals surface area contributed by atoms with Crippen LogP contribution in [-0.2, 0) is 25.6 Å². The number of carbonyl (C=O) groups excluding carboxylic acids is 3. The molecule has 2 fully saturated rings. The molecule has 5 atom stereocenters. The number of carboxylic acids is 1. The molecule has 12 heteroatoms. The Morgan fingerprint density at radius 1 is 1.22 bits per heavy atom. The summed E-state index contributed by atoms with van der Waals surface area (Å²) in [6.45, 7) is 2.03. The number of imidazole rings is 1. The number of nitrogens with zero attached hydrogens (tertiary/aromatic N) is 3. The molecule has 12 nitrogen and oxygen atoms in total. The quantitative estimate of drug-likeness (QED) is 0.308. The minimum absolute atomic E-state index is 0.0689. The summed E-state index contributed by atoms with van der Waals surface area (Å²) >= 11 is 0. The highest BCUT2D eigenvalue weighted by Gasteiger charge is 2.43. The average molecular weight is 450 g/mol. The predicted molar refractivity (Wildman–Crippen MR) is 111 cm³/mol. The fourth-order valence-electron chi connectivity index (χ4n) is 4.26. The molecule has 1 aromatic heterocycles. The van der Waals surface area contributed by atoms with E-state index in [9.17, 15) is 29.4 Å². The largest absolute Gasteiger partial charge is 0.480 e. The number of aromatic amines is 1. The first kappa shape index (κ1) is 23.7. The van der Waals surface area contributed by atoms with Gasteiger partial charge in [-0.05, 0) is 32.6 Å². The third kappa shape index (κ3) is 5.07. The number of likely N-dealkylation sites (tertiary alicyclic amines) is 2. The van der Waals surface area contributed by atoms with Gasteiger partial charge in [-0.25, -0.2) is 9.78 Å². The van der Waals surface area contributed by atoms with Gasteiger partial charge in [-0.15, -0.1) is 0 Å². The van der Waals surface area contributed by atoms with E-state index in [0.29, 0.717) is 44.5 Å². The van der Waals surface area contributed by atoms with Gasteiger partial charge in [0.05, 0.1) is 18.1 Å². The van der Waals surface area contributed by atoms with Gasteiger partial charge >= 0.3 is 5.97 Å². The Kier molecular flexibility index (Phi) is 7.46. The van der Waals surface area contributed by atoms with E-state index in [4.69, 9.17) is 5.73 Å². The highest BCUT2D eigenvalue weighted by Crippen LogP contribution is 2.26. The van der Waals surface area contributed by atoms with E-state index in [2.05, 4.69) is 15.3 Å². The van der Waals surface area contributed by atoms with Gasteiger partial charge < -0.3 is 36.0 Å². The smallest absolute Gasteiger partial charge is 0.326 e. The first-order valence-electron chi connectivity index (χ1n) is 10.8. The number of carboxylic acid groups (broad SMARTS) is 1. The summed E-state index contributed by atoms with van der Waals surface area (Å²) in [5.41, 5.74) is 6.24. The van der Waals surface area contributed by atoms with Crippen molar-refractivity contribution in [3.05, 3.63) is 18.2 Å². The fourth-order valence-corrected chi connectivity index (χ4v) is 4.26. The number of aliphatic hydroxyl groups excluding tert-OH is 1. The maximum Gasteiger partial charge on any atom is 0.326 e. The summed E-state index contributed by atoms with van der Waals surface area (Å²) in [7, 11) is 0. The SMILES string of the molecule is C[C@@H](O)[C@H](N)C(=O)N[C@@H](Cc1c[nH]cn1)C(=O)N1CCC[C@H]1C(=O)N1CCC[C@H]1C(=O)O. The first-order valence-corrected chi connectivity index (χ1v) is 10.8. The van der Waals surface area contributed by atoms with Crippen molar-refractivity contribution in [3.63, 3.8) is 0 Å². The van der Waals surface area contributed by atoms with Crippen LogP contribution < -0.4 is 11.1 Å². The van der Waals surface area contributed by atoms with E-state index < -0.39 is 48.1 Å². The number of aliphatic carboxylic acids is 1. The summed E-state index contributed by atoms with van der Waals surface area (Å²) in [5.74, 6) is -2.60. The predicted octanol–water partition coefficient (Wildman–Crippen LogP) is -1.79. The van der Waals surface area contributed by atoms with Gasteiger partial charge in [0.25, 0.3) is 0 Å². The number of aliphatic hydroxyl groups is 1. The molecule has 2 aliphatic rings. The molecule has 3 amide bonds. The molecule has 3 heterocycles. The number of carbonyl (C=O) groups is 4. The van der Waals surface area contributed by atoms with Crippen LogP contribution >= 0.6 is 0 Å². The van der Waals surface area contributed by atoms with E-state index in [1.165, 1.54) is 23.1 Å². The third-order valence-electron chi connectivity index (χ3n) is 6.05. The molecule has 0 unspecified atom stereocenters. The van der Waals surface area contributed by atoms with Crippen LogP contribution in [0.4, 0.5) is 0 Å². The molecule has 0 saturated carbocycles. The van der Waals surface area contributed by atoms with Crippen molar-refractivity contribution in [2.45, 2.75) is 69.3 Å². The van der Waals surface area contributed by atoms with Gasteiger partial charge in [0.15, 0.2) is 0 Å². The summed E-state index contributed by atoms with van der Waals surface area (Å²) in [4.78, 5) is 60.2. The molecule has 2 aliphatic heterocycles. The Hall–Kier alpha value is -2.99. The summed E-state index contributed by atoms with van der Waals surface area (Å²) in [6, 6.07) is -3.94.